The van der Waals surface area contributed by atoms with Crippen LogP contribution in [0.5, 0.6) is 0 Å². The molecule has 1 aliphatic heterocycles. The molecular weight excluding hydrogens is 288 g/mol. The fraction of sp³-hybridized carbons (Fsp3) is 0.500. The molecule has 2 N–H and O–H groups in total. The van der Waals surface area contributed by atoms with Gasteiger partial charge in [-0.05, 0) is 13.3 Å². The zero-order valence-corrected chi connectivity index (χ0v) is 12.9. The van der Waals surface area contributed by atoms with E-state index in [0.29, 0.717) is 19.5 Å². The van der Waals surface area contributed by atoms with E-state index in [1.165, 1.54) is 4.88 Å². The topological polar surface area (TPSA) is 82.1 Å². The Morgan fingerprint density at radius 2 is 2.43 bits per heavy atom. The number of aryl methyl sites for hydroxylation is 2. The number of nitrogens with one attached hydrogen (secondary N) is 1. The van der Waals surface area contributed by atoms with Gasteiger partial charge in [-0.2, -0.15) is 0 Å². The van der Waals surface area contributed by atoms with Gasteiger partial charge >= 0.3 is 5.97 Å². The average molecular weight is 306 g/mol. The number of fused-ring (bicyclic) bond motifs is 1. The summed E-state index contributed by atoms with van der Waals surface area (Å²) in [6.45, 7) is 5.29. The summed E-state index contributed by atoms with van der Waals surface area (Å²) in [5, 5.41) is 10.5. The average Bonchev–Trinajstić information content (AvgIpc) is 3.03. The number of H-pyrrole nitrogens is 1. The number of rotatable bonds is 4. The van der Waals surface area contributed by atoms with Gasteiger partial charge in [0.2, 0.25) is 0 Å². The highest BCUT2D eigenvalue weighted by molar-refractivity contribution is 7.11. The highest BCUT2D eigenvalue weighted by Gasteiger charge is 2.33. The number of imidazole rings is 1. The van der Waals surface area contributed by atoms with E-state index in [-0.39, 0.29) is 0 Å². The predicted molar refractivity (Wildman–Crippen MR) is 79.2 cm³/mol. The first-order valence-electron chi connectivity index (χ1n) is 7.01. The van der Waals surface area contributed by atoms with E-state index in [4.69, 9.17) is 0 Å². The maximum absolute atomic E-state index is 11.6. The van der Waals surface area contributed by atoms with Crippen LogP contribution in [-0.2, 0) is 30.7 Å². The number of carboxylic acids is 1. The van der Waals surface area contributed by atoms with E-state index < -0.39 is 12.0 Å². The van der Waals surface area contributed by atoms with Gasteiger partial charge in [-0.15, -0.1) is 11.3 Å². The Labute approximate surface area is 126 Å². The summed E-state index contributed by atoms with van der Waals surface area (Å²) in [4.78, 5) is 26.6. The summed E-state index contributed by atoms with van der Waals surface area (Å²) in [5.74, 6) is -0.789. The Morgan fingerprint density at radius 3 is 3.14 bits per heavy atom. The van der Waals surface area contributed by atoms with Crippen molar-refractivity contribution >= 4 is 17.3 Å². The molecule has 0 aliphatic carbocycles. The molecule has 0 spiro atoms. The SMILES string of the molecule is CCc1nc(C)sc1CN1Cc2[nH]cnc2CC1C(=O)O. The Morgan fingerprint density at radius 1 is 1.62 bits per heavy atom. The first-order chi connectivity index (χ1) is 10.1. The highest BCUT2D eigenvalue weighted by atomic mass is 32.1. The molecule has 2 aromatic heterocycles. The number of carbonyl (C=O) groups is 1. The maximum Gasteiger partial charge on any atom is 0.321 e. The first-order valence-corrected chi connectivity index (χ1v) is 7.83. The van der Waals surface area contributed by atoms with Gasteiger partial charge in [-0.25, -0.2) is 9.97 Å². The second kappa shape index (κ2) is 5.57. The van der Waals surface area contributed by atoms with Crippen molar-refractivity contribution in [2.24, 2.45) is 0 Å². The standard InChI is InChI=1S/C14H18N4O2S/c1-3-9-13(21-8(2)17-9)6-18-5-11-10(15-7-16-11)4-12(18)14(19)20/h7,12H,3-6H2,1-2H3,(H,15,16)(H,19,20). The lowest BCUT2D eigenvalue weighted by atomic mass is 10.0. The van der Waals surface area contributed by atoms with E-state index >= 15 is 0 Å². The number of hydrogen-bond donors (Lipinski definition) is 2. The minimum atomic E-state index is -0.789. The van der Waals surface area contributed by atoms with Gasteiger partial charge in [0.15, 0.2) is 0 Å². The van der Waals surface area contributed by atoms with Gasteiger partial charge in [0.25, 0.3) is 0 Å². The van der Waals surface area contributed by atoms with Crippen LogP contribution in [0.3, 0.4) is 0 Å². The van der Waals surface area contributed by atoms with Gasteiger partial charge in [0, 0.05) is 24.4 Å². The maximum atomic E-state index is 11.6. The second-order valence-electron chi connectivity index (χ2n) is 5.25. The third kappa shape index (κ3) is 2.71. The Balaban J connectivity index is 1.87. The lowest BCUT2D eigenvalue weighted by Crippen LogP contribution is -2.45. The number of thiazole rings is 1. The molecule has 0 bridgehead atoms. The van der Waals surface area contributed by atoms with E-state index in [9.17, 15) is 9.90 Å². The summed E-state index contributed by atoms with van der Waals surface area (Å²) in [7, 11) is 0. The molecule has 0 radical (unpaired) electrons. The lowest BCUT2D eigenvalue weighted by Gasteiger charge is -2.31. The number of aromatic nitrogens is 3. The Kier molecular flexibility index (Phi) is 3.77. The smallest absolute Gasteiger partial charge is 0.321 e. The zero-order valence-electron chi connectivity index (χ0n) is 12.1. The molecular formula is C14H18N4O2S. The van der Waals surface area contributed by atoms with Crippen LogP contribution in [0, 0.1) is 6.92 Å². The van der Waals surface area contributed by atoms with E-state index in [1.807, 2.05) is 11.8 Å². The molecule has 3 heterocycles. The van der Waals surface area contributed by atoms with Crippen molar-refractivity contribution in [3.8, 4) is 0 Å². The molecule has 0 fully saturated rings. The zero-order chi connectivity index (χ0) is 15.0. The van der Waals surface area contributed by atoms with Crippen LogP contribution in [0.1, 0.15) is 33.9 Å². The monoisotopic (exact) mass is 306 g/mol. The van der Waals surface area contributed by atoms with Gasteiger partial charge in [-0.3, -0.25) is 9.69 Å². The van der Waals surface area contributed by atoms with Crippen LogP contribution in [0.15, 0.2) is 6.33 Å². The summed E-state index contributed by atoms with van der Waals surface area (Å²) in [6, 6.07) is -0.520. The number of carboxylic acid groups (broad SMARTS) is 1. The molecule has 7 heteroatoms. The molecule has 1 atom stereocenters. The number of aliphatic carboxylic acids is 1. The molecule has 1 aliphatic rings. The number of nitrogens with zero attached hydrogens (tertiary/aromatic N) is 3. The van der Waals surface area contributed by atoms with Crippen LogP contribution in [-0.4, -0.2) is 37.0 Å². The summed E-state index contributed by atoms with van der Waals surface area (Å²) in [6.07, 6.45) is 2.97. The normalized spacial score (nSPS) is 18.7. The van der Waals surface area contributed by atoms with Crippen molar-refractivity contribution < 1.29 is 9.90 Å². The second-order valence-corrected chi connectivity index (χ2v) is 6.53. The van der Waals surface area contributed by atoms with Crippen LogP contribution >= 0.6 is 11.3 Å². The molecule has 0 saturated carbocycles. The summed E-state index contributed by atoms with van der Waals surface area (Å²) in [5.41, 5.74) is 2.97. The molecule has 1 unspecified atom stereocenters. The highest BCUT2D eigenvalue weighted by Crippen LogP contribution is 2.26. The number of hydrogen-bond acceptors (Lipinski definition) is 5. The van der Waals surface area contributed by atoms with Crippen LogP contribution in [0.2, 0.25) is 0 Å². The fourth-order valence-corrected chi connectivity index (χ4v) is 3.84. The molecule has 2 aromatic rings. The van der Waals surface area contributed by atoms with Crippen molar-refractivity contribution in [2.45, 2.75) is 45.8 Å². The van der Waals surface area contributed by atoms with Gasteiger partial charge < -0.3 is 10.1 Å². The Bertz CT molecular complexity index is 664. The number of aromatic amines is 1. The van der Waals surface area contributed by atoms with E-state index in [1.54, 1.807) is 17.7 Å². The molecule has 3 rings (SSSR count). The molecule has 0 saturated heterocycles. The van der Waals surface area contributed by atoms with Crippen molar-refractivity contribution in [1.82, 2.24) is 19.9 Å². The van der Waals surface area contributed by atoms with Gasteiger partial charge in [0.1, 0.15) is 6.04 Å². The molecule has 0 amide bonds. The van der Waals surface area contributed by atoms with E-state index in [2.05, 4.69) is 21.9 Å². The summed E-state index contributed by atoms with van der Waals surface area (Å²) >= 11 is 1.66. The minimum Gasteiger partial charge on any atom is -0.480 e. The van der Waals surface area contributed by atoms with Crippen LogP contribution in [0.25, 0.3) is 0 Å². The quantitative estimate of drug-likeness (QED) is 0.899. The van der Waals surface area contributed by atoms with Crippen molar-refractivity contribution in [3.63, 3.8) is 0 Å². The van der Waals surface area contributed by atoms with Crippen LogP contribution in [0.4, 0.5) is 0 Å². The van der Waals surface area contributed by atoms with Crippen molar-refractivity contribution in [3.05, 3.63) is 33.3 Å². The third-order valence-corrected chi connectivity index (χ3v) is 4.85. The van der Waals surface area contributed by atoms with Crippen molar-refractivity contribution in [2.75, 3.05) is 0 Å². The van der Waals surface area contributed by atoms with E-state index in [0.717, 1.165) is 28.5 Å². The minimum absolute atomic E-state index is 0.452. The molecule has 6 nitrogen and oxygen atoms in total. The first kappa shape index (κ1) is 14.2. The van der Waals surface area contributed by atoms with Crippen molar-refractivity contribution in [1.29, 1.82) is 0 Å². The van der Waals surface area contributed by atoms with Gasteiger partial charge in [-0.1, -0.05) is 6.92 Å². The molecule has 0 aromatic carbocycles. The third-order valence-electron chi connectivity index (χ3n) is 3.85. The van der Waals surface area contributed by atoms with Gasteiger partial charge in [0.05, 0.1) is 28.4 Å². The Hall–Kier alpha value is -1.73. The summed E-state index contributed by atoms with van der Waals surface area (Å²) < 4.78 is 0. The lowest BCUT2D eigenvalue weighted by molar-refractivity contribution is -0.144. The fourth-order valence-electron chi connectivity index (χ4n) is 2.79. The predicted octanol–water partition coefficient (Wildman–Crippen LogP) is 1.75. The molecule has 21 heavy (non-hydrogen) atoms. The largest absolute Gasteiger partial charge is 0.480 e. The molecule has 112 valence electrons. The van der Waals surface area contributed by atoms with Crippen LogP contribution < -0.4 is 0 Å².